The Kier molecular flexibility index (Phi) is 4.04. The van der Waals surface area contributed by atoms with Crippen LogP contribution in [0.5, 0.6) is 0 Å². The van der Waals surface area contributed by atoms with Gasteiger partial charge in [0.05, 0.1) is 0 Å². The van der Waals surface area contributed by atoms with Gasteiger partial charge in [-0.3, -0.25) is 4.79 Å². The summed E-state index contributed by atoms with van der Waals surface area (Å²) in [5.41, 5.74) is 0. The van der Waals surface area contributed by atoms with E-state index >= 15 is 0 Å². The Morgan fingerprint density at radius 1 is 1.56 bits per heavy atom. The third-order valence-corrected chi connectivity index (χ3v) is 2.81. The molecule has 90 valence electrons. The maximum Gasteiger partial charge on any atom is 0.289 e. The number of ether oxygens (including phenoxy) is 2. The Morgan fingerprint density at radius 3 is 3.19 bits per heavy atom. The Hall–Kier alpha value is -1.23. The molecule has 1 saturated heterocycles. The van der Waals surface area contributed by atoms with Gasteiger partial charge in [0.1, 0.15) is 19.5 Å². The van der Waals surface area contributed by atoms with E-state index in [1.807, 2.05) is 0 Å². The van der Waals surface area contributed by atoms with Crippen LogP contribution in [0.25, 0.3) is 0 Å². The summed E-state index contributed by atoms with van der Waals surface area (Å²) in [7, 11) is 0. The van der Waals surface area contributed by atoms with Crippen LogP contribution in [0, 0.1) is 0 Å². The minimum atomic E-state index is -0.183. The van der Waals surface area contributed by atoms with E-state index in [9.17, 15) is 4.79 Å². The molecule has 0 aliphatic carbocycles. The summed E-state index contributed by atoms with van der Waals surface area (Å²) in [6.45, 7) is 2.74. The zero-order chi connectivity index (χ0) is 11.2. The molecule has 16 heavy (non-hydrogen) atoms. The lowest BCUT2D eigenvalue weighted by atomic mass is 10.1. The Balaban J connectivity index is 1.65. The van der Waals surface area contributed by atoms with Crippen molar-refractivity contribution in [2.75, 3.05) is 26.3 Å². The first-order chi connectivity index (χ1) is 7.86. The zero-order valence-corrected chi connectivity index (χ0v) is 9.33. The molecular formula is C11H18N2O3. The lowest BCUT2D eigenvalue weighted by Gasteiger charge is -2.15. The third-order valence-electron chi connectivity index (χ3n) is 2.81. The molecule has 1 atom stereocenters. The van der Waals surface area contributed by atoms with E-state index in [-0.39, 0.29) is 11.7 Å². The van der Waals surface area contributed by atoms with Crippen LogP contribution in [-0.2, 0) is 14.3 Å². The summed E-state index contributed by atoms with van der Waals surface area (Å²) in [5.74, 6) is 0.100. The first-order valence-electron chi connectivity index (χ1n) is 5.82. The van der Waals surface area contributed by atoms with Crippen LogP contribution in [0.15, 0.2) is 12.0 Å². The maximum absolute atomic E-state index is 11.6. The van der Waals surface area contributed by atoms with Gasteiger partial charge in [-0.05, 0) is 25.8 Å². The number of amides is 1. The molecule has 0 saturated carbocycles. The Bertz CT molecular complexity index is 272. The molecule has 2 N–H and O–H groups in total. The standard InChI is InChI=1S/C11H18N2O3/c14-11(10-8-15-6-7-16-10)13-5-3-9-2-1-4-12-9/h8-9,12H,1-7H2,(H,13,14)/t9-/m1/s1. The highest BCUT2D eigenvalue weighted by atomic mass is 16.6. The second-order valence-electron chi connectivity index (χ2n) is 4.04. The fraction of sp³-hybridized carbons (Fsp3) is 0.727. The molecule has 0 unspecified atom stereocenters. The fourth-order valence-electron chi connectivity index (χ4n) is 1.94. The Labute approximate surface area is 95.2 Å². The predicted molar refractivity (Wildman–Crippen MR) is 58.6 cm³/mol. The van der Waals surface area contributed by atoms with Crippen molar-refractivity contribution in [2.45, 2.75) is 25.3 Å². The van der Waals surface area contributed by atoms with Gasteiger partial charge in [-0.2, -0.15) is 0 Å². The number of hydrogen-bond donors (Lipinski definition) is 2. The topological polar surface area (TPSA) is 59.6 Å². The molecular weight excluding hydrogens is 208 g/mol. The molecule has 0 aromatic rings. The molecule has 2 aliphatic heterocycles. The molecule has 2 aliphatic rings. The SMILES string of the molecule is O=C(NCC[C@H]1CCCN1)C1=COCCO1. The highest BCUT2D eigenvalue weighted by Crippen LogP contribution is 2.08. The normalized spacial score (nSPS) is 24.2. The van der Waals surface area contributed by atoms with Gasteiger partial charge in [-0.1, -0.05) is 0 Å². The van der Waals surface area contributed by atoms with Gasteiger partial charge < -0.3 is 20.1 Å². The molecule has 0 aromatic carbocycles. The van der Waals surface area contributed by atoms with E-state index in [1.54, 1.807) is 0 Å². The van der Waals surface area contributed by atoms with Crippen LogP contribution < -0.4 is 10.6 Å². The van der Waals surface area contributed by atoms with Gasteiger partial charge >= 0.3 is 0 Å². The van der Waals surface area contributed by atoms with Crippen LogP contribution >= 0.6 is 0 Å². The maximum atomic E-state index is 11.6. The summed E-state index contributed by atoms with van der Waals surface area (Å²) in [6.07, 6.45) is 4.80. The van der Waals surface area contributed by atoms with Crippen LogP contribution in [0.1, 0.15) is 19.3 Å². The quantitative estimate of drug-likeness (QED) is 0.715. The fourth-order valence-corrected chi connectivity index (χ4v) is 1.94. The Morgan fingerprint density at radius 2 is 2.50 bits per heavy atom. The summed E-state index contributed by atoms with van der Waals surface area (Å²) in [4.78, 5) is 11.6. The number of rotatable bonds is 4. The lowest BCUT2D eigenvalue weighted by Crippen LogP contribution is -2.32. The average molecular weight is 226 g/mol. The van der Waals surface area contributed by atoms with E-state index < -0.39 is 0 Å². The van der Waals surface area contributed by atoms with Crippen molar-refractivity contribution in [1.29, 1.82) is 0 Å². The number of carbonyl (C=O) groups is 1. The first-order valence-corrected chi connectivity index (χ1v) is 5.82. The largest absolute Gasteiger partial charge is 0.494 e. The molecule has 0 bridgehead atoms. The van der Waals surface area contributed by atoms with E-state index in [2.05, 4.69) is 10.6 Å². The molecule has 5 nitrogen and oxygen atoms in total. The van der Waals surface area contributed by atoms with Gasteiger partial charge in [0.2, 0.25) is 5.76 Å². The van der Waals surface area contributed by atoms with E-state index in [1.165, 1.54) is 19.1 Å². The highest BCUT2D eigenvalue weighted by Gasteiger charge is 2.16. The smallest absolute Gasteiger partial charge is 0.289 e. The molecule has 1 amide bonds. The van der Waals surface area contributed by atoms with Crippen molar-refractivity contribution < 1.29 is 14.3 Å². The van der Waals surface area contributed by atoms with Gasteiger partial charge in [0, 0.05) is 12.6 Å². The van der Waals surface area contributed by atoms with Crippen LogP contribution in [0.3, 0.4) is 0 Å². The van der Waals surface area contributed by atoms with Crippen LogP contribution in [-0.4, -0.2) is 38.3 Å². The van der Waals surface area contributed by atoms with Gasteiger partial charge in [0.25, 0.3) is 5.91 Å². The molecule has 5 heteroatoms. The summed E-state index contributed by atoms with van der Waals surface area (Å²) >= 11 is 0. The van der Waals surface area contributed by atoms with Crippen LogP contribution in [0.4, 0.5) is 0 Å². The van der Waals surface area contributed by atoms with Gasteiger partial charge in [-0.15, -0.1) is 0 Å². The van der Waals surface area contributed by atoms with Crippen molar-refractivity contribution in [3.05, 3.63) is 12.0 Å². The summed E-state index contributed by atoms with van der Waals surface area (Å²) in [6, 6.07) is 0.554. The van der Waals surface area contributed by atoms with Crippen molar-refractivity contribution >= 4 is 5.91 Å². The summed E-state index contributed by atoms with van der Waals surface area (Å²) in [5, 5.41) is 6.22. The summed E-state index contributed by atoms with van der Waals surface area (Å²) < 4.78 is 10.2. The number of hydrogen-bond acceptors (Lipinski definition) is 4. The molecule has 0 aromatic heterocycles. The first kappa shape index (κ1) is 11.3. The van der Waals surface area contributed by atoms with Crippen molar-refractivity contribution in [2.24, 2.45) is 0 Å². The molecule has 1 fully saturated rings. The second kappa shape index (κ2) is 5.75. The average Bonchev–Trinajstić information content (AvgIpc) is 2.83. The predicted octanol–water partition coefficient (Wildman–Crippen LogP) is 0.133. The third kappa shape index (κ3) is 3.13. The van der Waals surface area contributed by atoms with E-state index in [4.69, 9.17) is 9.47 Å². The minimum absolute atomic E-state index is 0.183. The minimum Gasteiger partial charge on any atom is -0.494 e. The molecule has 0 spiro atoms. The van der Waals surface area contributed by atoms with Crippen molar-refractivity contribution in [1.82, 2.24) is 10.6 Å². The molecule has 2 heterocycles. The van der Waals surface area contributed by atoms with Gasteiger partial charge in [-0.25, -0.2) is 0 Å². The zero-order valence-electron chi connectivity index (χ0n) is 9.33. The van der Waals surface area contributed by atoms with Crippen molar-refractivity contribution in [3.8, 4) is 0 Å². The van der Waals surface area contributed by atoms with Crippen molar-refractivity contribution in [3.63, 3.8) is 0 Å². The highest BCUT2D eigenvalue weighted by molar-refractivity contribution is 5.91. The number of carbonyl (C=O) groups excluding carboxylic acids is 1. The molecule has 0 radical (unpaired) electrons. The van der Waals surface area contributed by atoms with Crippen LogP contribution in [0.2, 0.25) is 0 Å². The van der Waals surface area contributed by atoms with E-state index in [0.29, 0.717) is 25.8 Å². The second-order valence-corrected chi connectivity index (χ2v) is 4.04. The number of nitrogens with one attached hydrogen (secondary N) is 2. The van der Waals surface area contributed by atoms with E-state index in [0.717, 1.165) is 13.0 Å². The molecule has 2 rings (SSSR count). The lowest BCUT2D eigenvalue weighted by molar-refractivity contribution is -0.122. The monoisotopic (exact) mass is 226 g/mol. The van der Waals surface area contributed by atoms with Gasteiger partial charge in [0.15, 0.2) is 0 Å².